The number of aliphatic hydroxyl groups excluding tert-OH is 1. The molecule has 0 radical (unpaired) electrons. The van der Waals surface area contributed by atoms with Crippen LogP contribution in [0.2, 0.25) is 0 Å². The Kier molecular flexibility index (Phi) is 3.76. The summed E-state index contributed by atoms with van der Waals surface area (Å²) in [7, 11) is 1.62. The minimum atomic E-state index is -0.515. The Balaban J connectivity index is 2.05. The van der Waals surface area contributed by atoms with Gasteiger partial charge < -0.3 is 9.84 Å². The molecule has 2 aromatic rings. The third-order valence-corrected chi connectivity index (χ3v) is 3.55. The number of ether oxygens (including phenoxy) is 1. The van der Waals surface area contributed by atoms with Crippen LogP contribution in [0.4, 0.5) is 0 Å². The minimum Gasteiger partial charge on any atom is -0.496 e. The molecule has 0 aliphatic carbocycles. The zero-order valence-electron chi connectivity index (χ0n) is 9.88. The first-order valence-electron chi connectivity index (χ1n) is 5.41. The van der Waals surface area contributed by atoms with Crippen LogP contribution >= 0.6 is 11.3 Å². The lowest BCUT2D eigenvalue weighted by atomic mass is 10.1. The Hall–Kier alpha value is -1.39. The predicted octanol–water partition coefficient (Wildman–Crippen LogP) is 2.74. The minimum absolute atomic E-state index is 0.515. The van der Waals surface area contributed by atoms with Crippen molar-refractivity contribution in [3.63, 3.8) is 0 Å². The molecule has 1 N–H and O–H groups in total. The number of pyridine rings is 1. The van der Waals surface area contributed by atoms with Crippen LogP contribution in [0.5, 0.6) is 5.75 Å². The molecule has 17 heavy (non-hydrogen) atoms. The van der Waals surface area contributed by atoms with Crippen molar-refractivity contribution in [3.05, 3.63) is 45.9 Å². The molecule has 0 saturated carbocycles. The Morgan fingerprint density at radius 3 is 2.88 bits per heavy atom. The molecule has 90 valence electrons. The Morgan fingerprint density at radius 2 is 2.29 bits per heavy atom. The molecule has 3 nitrogen and oxygen atoms in total. The van der Waals surface area contributed by atoms with E-state index >= 15 is 0 Å². The van der Waals surface area contributed by atoms with Crippen molar-refractivity contribution in [2.45, 2.75) is 19.4 Å². The quantitative estimate of drug-likeness (QED) is 0.906. The molecular formula is C13H15NO2S. The van der Waals surface area contributed by atoms with Crippen LogP contribution in [0.25, 0.3) is 0 Å². The lowest BCUT2D eigenvalue weighted by Crippen LogP contribution is -2.01. The molecule has 2 aromatic heterocycles. The lowest BCUT2D eigenvalue weighted by molar-refractivity contribution is 0.181. The fraction of sp³-hybridized carbons (Fsp3) is 0.308. The van der Waals surface area contributed by atoms with Crippen molar-refractivity contribution >= 4 is 11.3 Å². The summed E-state index contributed by atoms with van der Waals surface area (Å²) in [4.78, 5) is 5.19. The Morgan fingerprint density at radius 1 is 1.47 bits per heavy atom. The molecule has 0 spiro atoms. The summed E-state index contributed by atoms with van der Waals surface area (Å²) in [6.07, 6.45) is 1.83. The highest BCUT2D eigenvalue weighted by molar-refractivity contribution is 7.10. The van der Waals surface area contributed by atoms with E-state index < -0.39 is 6.10 Å². The topological polar surface area (TPSA) is 42.4 Å². The molecule has 1 atom stereocenters. The lowest BCUT2D eigenvalue weighted by Gasteiger charge is -2.07. The molecule has 0 saturated heterocycles. The first-order valence-corrected chi connectivity index (χ1v) is 6.29. The highest BCUT2D eigenvalue weighted by Crippen LogP contribution is 2.28. The fourth-order valence-corrected chi connectivity index (χ4v) is 2.38. The summed E-state index contributed by atoms with van der Waals surface area (Å²) in [5, 5.41) is 12.0. The average molecular weight is 249 g/mol. The van der Waals surface area contributed by atoms with Gasteiger partial charge >= 0.3 is 0 Å². The number of methoxy groups -OCH3 is 1. The number of nitrogens with zero attached hydrogens (tertiary/aromatic N) is 1. The van der Waals surface area contributed by atoms with E-state index in [1.165, 1.54) is 11.3 Å². The number of aliphatic hydroxyl groups is 1. The number of rotatable bonds is 4. The van der Waals surface area contributed by atoms with Gasteiger partial charge in [0.05, 0.1) is 13.2 Å². The molecule has 0 fully saturated rings. The van der Waals surface area contributed by atoms with Gasteiger partial charge in [-0.05, 0) is 24.6 Å². The number of aromatic nitrogens is 1. The van der Waals surface area contributed by atoms with E-state index in [1.54, 1.807) is 7.11 Å². The second-order valence-corrected chi connectivity index (χ2v) is 4.88. The Labute approximate surface area is 105 Å². The molecule has 2 heterocycles. The first kappa shape index (κ1) is 12.1. The molecule has 4 heteroatoms. The molecule has 0 aliphatic rings. The molecule has 0 aromatic carbocycles. The van der Waals surface area contributed by atoms with Gasteiger partial charge in [-0.15, -0.1) is 11.3 Å². The molecule has 2 rings (SSSR count). The predicted molar refractivity (Wildman–Crippen MR) is 68.5 cm³/mol. The van der Waals surface area contributed by atoms with Crippen LogP contribution in [0.3, 0.4) is 0 Å². The van der Waals surface area contributed by atoms with Gasteiger partial charge in [0.15, 0.2) is 0 Å². The normalized spacial score (nSPS) is 12.4. The smallest absolute Gasteiger partial charge is 0.129 e. The number of hydrogen-bond donors (Lipinski definition) is 1. The van der Waals surface area contributed by atoms with Crippen molar-refractivity contribution in [2.24, 2.45) is 0 Å². The molecule has 0 aliphatic heterocycles. The van der Waals surface area contributed by atoms with E-state index in [2.05, 4.69) is 4.98 Å². The molecule has 0 amide bonds. The summed E-state index contributed by atoms with van der Waals surface area (Å²) in [5.41, 5.74) is 2.02. The third kappa shape index (κ3) is 3.05. The van der Waals surface area contributed by atoms with E-state index in [0.717, 1.165) is 21.9 Å². The van der Waals surface area contributed by atoms with Crippen molar-refractivity contribution < 1.29 is 9.84 Å². The summed E-state index contributed by atoms with van der Waals surface area (Å²) in [5.74, 6) is 0.793. The van der Waals surface area contributed by atoms with E-state index in [1.807, 2.05) is 36.7 Å². The van der Waals surface area contributed by atoms with Crippen LogP contribution in [0.15, 0.2) is 29.8 Å². The third-order valence-electron chi connectivity index (χ3n) is 2.53. The van der Waals surface area contributed by atoms with Crippen molar-refractivity contribution in [3.8, 4) is 5.75 Å². The van der Waals surface area contributed by atoms with Gasteiger partial charge in [-0.1, -0.05) is 6.07 Å². The maximum atomic E-state index is 10.1. The molecule has 0 bridgehead atoms. The van der Waals surface area contributed by atoms with Crippen LogP contribution in [-0.4, -0.2) is 17.2 Å². The van der Waals surface area contributed by atoms with Crippen LogP contribution in [0, 0.1) is 6.92 Å². The number of hydrogen-bond acceptors (Lipinski definition) is 4. The zero-order chi connectivity index (χ0) is 12.3. The van der Waals surface area contributed by atoms with Crippen LogP contribution in [-0.2, 0) is 6.42 Å². The van der Waals surface area contributed by atoms with Crippen molar-refractivity contribution in [2.75, 3.05) is 7.11 Å². The SMILES string of the molecule is COc1csc(C(O)Cc2ccc(C)cn2)c1. The maximum absolute atomic E-state index is 10.1. The van der Waals surface area contributed by atoms with Crippen LogP contribution < -0.4 is 4.74 Å². The van der Waals surface area contributed by atoms with E-state index in [-0.39, 0.29) is 0 Å². The Bertz CT molecular complexity index is 478. The number of aryl methyl sites for hydroxylation is 1. The molecular weight excluding hydrogens is 234 g/mol. The van der Waals surface area contributed by atoms with Gasteiger partial charge in [-0.2, -0.15) is 0 Å². The van der Waals surface area contributed by atoms with Gasteiger partial charge in [0.1, 0.15) is 5.75 Å². The highest BCUT2D eigenvalue weighted by atomic mass is 32.1. The van der Waals surface area contributed by atoms with Crippen LogP contribution in [0.1, 0.15) is 22.2 Å². The average Bonchev–Trinajstić information content (AvgIpc) is 2.81. The maximum Gasteiger partial charge on any atom is 0.129 e. The second-order valence-electron chi connectivity index (χ2n) is 3.94. The van der Waals surface area contributed by atoms with Gasteiger partial charge in [-0.3, -0.25) is 4.98 Å². The number of thiophene rings is 1. The summed E-state index contributed by atoms with van der Waals surface area (Å²) < 4.78 is 5.09. The zero-order valence-corrected chi connectivity index (χ0v) is 10.7. The van der Waals surface area contributed by atoms with Gasteiger partial charge in [-0.25, -0.2) is 0 Å². The first-order chi connectivity index (χ1) is 8.19. The largest absolute Gasteiger partial charge is 0.496 e. The monoisotopic (exact) mass is 249 g/mol. The van der Waals surface area contributed by atoms with Gasteiger partial charge in [0.25, 0.3) is 0 Å². The summed E-state index contributed by atoms with van der Waals surface area (Å²) in [6.45, 7) is 2.00. The van der Waals surface area contributed by atoms with E-state index in [0.29, 0.717) is 6.42 Å². The van der Waals surface area contributed by atoms with Gasteiger partial charge in [0.2, 0.25) is 0 Å². The summed E-state index contributed by atoms with van der Waals surface area (Å²) in [6, 6.07) is 5.82. The van der Waals surface area contributed by atoms with Crippen molar-refractivity contribution in [1.29, 1.82) is 0 Å². The van der Waals surface area contributed by atoms with E-state index in [4.69, 9.17) is 4.74 Å². The second kappa shape index (κ2) is 5.29. The standard InChI is InChI=1S/C13H15NO2S/c1-9-3-4-10(14-7-9)5-12(15)13-6-11(16-2)8-17-13/h3-4,6-8,12,15H,5H2,1-2H3. The van der Waals surface area contributed by atoms with Crippen molar-refractivity contribution in [1.82, 2.24) is 4.98 Å². The fourth-order valence-electron chi connectivity index (χ4n) is 1.53. The highest BCUT2D eigenvalue weighted by Gasteiger charge is 2.12. The van der Waals surface area contributed by atoms with Gasteiger partial charge in [0, 0.05) is 28.6 Å². The summed E-state index contributed by atoms with van der Waals surface area (Å²) >= 11 is 1.50. The molecule has 1 unspecified atom stereocenters. The van der Waals surface area contributed by atoms with E-state index in [9.17, 15) is 5.11 Å².